The summed E-state index contributed by atoms with van der Waals surface area (Å²) in [7, 11) is 0. The van der Waals surface area contributed by atoms with Gasteiger partial charge in [-0.05, 0) is 25.0 Å². The number of amides is 1. The second-order valence-electron chi connectivity index (χ2n) is 4.31. The summed E-state index contributed by atoms with van der Waals surface area (Å²) in [5.74, 6) is 0.0113. The number of hydrogen-bond donors (Lipinski definition) is 3. The second-order valence-corrected chi connectivity index (χ2v) is 4.31. The van der Waals surface area contributed by atoms with Crippen LogP contribution in [0.1, 0.15) is 18.5 Å². The Balaban J connectivity index is 1.74. The maximum Gasteiger partial charge on any atom is 0.225 e. The molecule has 1 aliphatic rings. The molecular formula is C11H16N2O2. The van der Waals surface area contributed by atoms with Crippen LogP contribution in [-0.4, -0.2) is 29.1 Å². The third-order valence-corrected chi connectivity index (χ3v) is 2.97. The van der Waals surface area contributed by atoms with Crippen LogP contribution < -0.4 is 5.32 Å². The zero-order valence-corrected chi connectivity index (χ0v) is 8.62. The van der Waals surface area contributed by atoms with E-state index in [0.717, 1.165) is 18.5 Å². The van der Waals surface area contributed by atoms with Crippen LogP contribution in [0.3, 0.4) is 0 Å². The van der Waals surface area contributed by atoms with Crippen LogP contribution in [0.25, 0.3) is 0 Å². The molecule has 0 aliphatic heterocycles. The molecule has 4 heteroatoms. The van der Waals surface area contributed by atoms with Crippen molar-refractivity contribution in [2.45, 2.75) is 19.3 Å². The molecule has 1 aromatic heterocycles. The van der Waals surface area contributed by atoms with E-state index in [1.54, 1.807) is 6.20 Å². The van der Waals surface area contributed by atoms with Crippen LogP contribution >= 0.6 is 0 Å². The molecule has 82 valence electrons. The van der Waals surface area contributed by atoms with Gasteiger partial charge in [-0.25, -0.2) is 0 Å². The van der Waals surface area contributed by atoms with Crippen LogP contribution in [0.5, 0.6) is 0 Å². The number of nitrogens with one attached hydrogen (secondary N) is 2. The number of hydrogen-bond acceptors (Lipinski definition) is 2. The molecule has 2 rings (SSSR count). The Morgan fingerprint density at radius 2 is 2.40 bits per heavy atom. The molecule has 1 heterocycles. The smallest absolute Gasteiger partial charge is 0.225 e. The molecule has 0 atom stereocenters. The number of carbonyl (C=O) groups excluding carboxylic acids is 1. The molecule has 1 aliphatic carbocycles. The van der Waals surface area contributed by atoms with E-state index >= 15 is 0 Å². The molecule has 4 nitrogen and oxygen atoms in total. The molecule has 1 fully saturated rings. The largest absolute Gasteiger partial charge is 0.396 e. The zero-order valence-electron chi connectivity index (χ0n) is 8.62. The topological polar surface area (TPSA) is 65.1 Å². The minimum absolute atomic E-state index is 0.00854. The van der Waals surface area contributed by atoms with Crippen LogP contribution in [-0.2, 0) is 11.2 Å². The summed E-state index contributed by atoms with van der Waals surface area (Å²) >= 11 is 0. The number of aromatic nitrogens is 1. The van der Waals surface area contributed by atoms with Gasteiger partial charge in [-0.2, -0.15) is 0 Å². The van der Waals surface area contributed by atoms with Gasteiger partial charge in [-0.3, -0.25) is 4.79 Å². The Labute approximate surface area is 88.7 Å². The zero-order chi connectivity index (χ0) is 10.7. The number of H-pyrrole nitrogens is 1. The molecule has 1 aromatic rings. The third kappa shape index (κ3) is 2.59. The standard InChI is InChI=1S/C11H16N2O2/c14-8-11(3-4-11)7-13-10(15)6-9-2-1-5-12-9/h1-2,5,12,14H,3-4,6-8H2,(H,13,15). The molecule has 0 unspecified atom stereocenters. The summed E-state index contributed by atoms with van der Waals surface area (Å²) in [5.41, 5.74) is 0.909. The maximum atomic E-state index is 11.5. The van der Waals surface area contributed by atoms with Crippen molar-refractivity contribution in [3.63, 3.8) is 0 Å². The van der Waals surface area contributed by atoms with Crippen molar-refractivity contribution >= 4 is 5.91 Å². The normalized spacial score (nSPS) is 17.4. The first-order valence-electron chi connectivity index (χ1n) is 5.24. The molecule has 0 saturated heterocycles. The SMILES string of the molecule is O=C(Cc1ccc[nH]1)NCC1(CO)CC1. The molecule has 3 N–H and O–H groups in total. The van der Waals surface area contributed by atoms with Gasteiger partial charge < -0.3 is 15.4 Å². The van der Waals surface area contributed by atoms with Crippen molar-refractivity contribution in [1.82, 2.24) is 10.3 Å². The Hall–Kier alpha value is -1.29. The second kappa shape index (κ2) is 4.06. The highest BCUT2D eigenvalue weighted by Gasteiger charge is 2.41. The van der Waals surface area contributed by atoms with Crippen molar-refractivity contribution in [3.8, 4) is 0 Å². The molecule has 0 aromatic carbocycles. The first-order valence-corrected chi connectivity index (χ1v) is 5.24. The van der Waals surface area contributed by atoms with E-state index in [-0.39, 0.29) is 17.9 Å². The average molecular weight is 208 g/mol. The van der Waals surface area contributed by atoms with Crippen LogP contribution in [0.15, 0.2) is 18.3 Å². The van der Waals surface area contributed by atoms with Crippen LogP contribution in [0.2, 0.25) is 0 Å². The lowest BCUT2D eigenvalue weighted by atomic mass is 10.1. The molecule has 0 bridgehead atoms. The Morgan fingerprint density at radius 1 is 1.60 bits per heavy atom. The molecular weight excluding hydrogens is 192 g/mol. The Bertz CT molecular complexity index is 328. The van der Waals surface area contributed by atoms with E-state index in [0.29, 0.717) is 13.0 Å². The number of rotatable bonds is 5. The summed E-state index contributed by atoms with van der Waals surface area (Å²) in [6, 6.07) is 3.76. The van der Waals surface area contributed by atoms with E-state index in [9.17, 15) is 4.79 Å². The predicted molar refractivity (Wildman–Crippen MR) is 56.3 cm³/mol. The molecule has 1 saturated carbocycles. The monoisotopic (exact) mass is 208 g/mol. The van der Waals surface area contributed by atoms with Gasteiger partial charge in [-0.1, -0.05) is 0 Å². The van der Waals surface area contributed by atoms with E-state index < -0.39 is 0 Å². The highest BCUT2D eigenvalue weighted by Crippen LogP contribution is 2.44. The Morgan fingerprint density at radius 3 is 2.93 bits per heavy atom. The van der Waals surface area contributed by atoms with Gasteiger partial charge in [0, 0.05) is 23.9 Å². The van der Waals surface area contributed by atoms with Gasteiger partial charge in [-0.15, -0.1) is 0 Å². The fraction of sp³-hybridized carbons (Fsp3) is 0.545. The summed E-state index contributed by atoms with van der Waals surface area (Å²) in [6.45, 7) is 0.777. The molecule has 15 heavy (non-hydrogen) atoms. The minimum atomic E-state index is -0.00854. The highest BCUT2D eigenvalue weighted by molar-refractivity contribution is 5.78. The minimum Gasteiger partial charge on any atom is -0.396 e. The van der Waals surface area contributed by atoms with Gasteiger partial charge in [0.15, 0.2) is 0 Å². The van der Waals surface area contributed by atoms with Crippen molar-refractivity contribution in [1.29, 1.82) is 0 Å². The van der Waals surface area contributed by atoms with E-state index in [2.05, 4.69) is 10.3 Å². The van der Waals surface area contributed by atoms with Gasteiger partial charge in [0.05, 0.1) is 13.0 Å². The van der Waals surface area contributed by atoms with E-state index in [4.69, 9.17) is 5.11 Å². The van der Waals surface area contributed by atoms with Crippen molar-refractivity contribution in [2.75, 3.05) is 13.2 Å². The van der Waals surface area contributed by atoms with Crippen LogP contribution in [0, 0.1) is 5.41 Å². The van der Waals surface area contributed by atoms with Crippen molar-refractivity contribution in [2.24, 2.45) is 5.41 Å². The number of aliphatic hydroxyl groups excluding tert-OH is 1. The van der Waals surface area contributed by atoms with Gasteiger partial charge in [0.1, 0.15) is 0 Å². The number of carbonyl (C=O) groups is 1. The summed E-state index contributed by atoms with van der Waals surface area (Å²) in [4.78, 5) is 14.5. The fourth-order valence-corrected chi connectivity index (χ4v) is 1.57. The highest BCUT2D eigenvalue weighted by atomic mass is 16.3. The quantitative estimate of drug-likeness (QED) is 0.657. The van der Waals surface area contributed by atoms with Crippen molar-refractivity contribution < 1.29 is 9.90 Å². The van der Waals surface area contributed by atoms with Gasteiger partial charge >= 0.3 is 0 Å². The predicted octanol–water partition coefficient (Wildman–Crippen LogP) is 0.446. The van der Waals surface area contributed by atoms with Crippen LogP contribution in [0.4, 0.5) is 0 Å². The average Bonchev–Trinajstić information content (AvgIpc) is 2.86. The summed E-state index contributed by atoms with van der Waals surface area (Å²) in [6.07, 6.45) is 4.23. The fourth-order valence-electron chi connectivity index (χ4n) is 1.57. The lowest BCUT2D eigenvalue weighted by molar-refractivity contribution is -0.120. The van der Waals surface area contributed by atoms with Crippen molar-refractivity contribution in [3.05, 3.63) is 24.0 Å². The van der Waals surface area contributed by atoms with E-state index in [1.807, 2.05) is 12.1 Å². The lowest BCUT2D eigenvalue weighted by Gasteiger charge is -2.12. The Kier molecular flexibility index (Phi) is 2.77. The van der Waals surface area contributed by atoms with E-state index in [1.165, 1.54) is 0 Å². The molecule has 0 radical (unpaired) electrons. The molecule has 0 spiro atoms. The van der Waals surface area contributed by atoms with Gasteiger partial charge in [0.25, 0.3) is 0 Å². The first-order chi connectivity index (χ1) is 7.24. The lowest BCUT2D eigenvalue weighted by Crippen LogP contribution is -2.32. The number of aromatic amines is 1. The third-order valence-electron chi connectivity index (χ3n) is 2.97. The maximum absolute atomic E-state index is 11.5. The summed E-state index contributed by atoms with van der Waals surface area (Å²) in [5, 5.41) is 11.9. The number of aliphatic hydroxyl groups is 1. The summed E-state index contributed by atoms with van der Waals surface area (Å²) < 4.78 is 0. The first kappa shape index (κ1) is 10.2. The molecule has 1 amide bonds. The van der Waals surface area contributed by atoms with Gasteiger partial charge in [0.2, 0.25) is 5.91 Å².